The normalized spacial score (nSPS) is 12.0. The second-order valence-electron chi connectivity index (χ2n) is 22.2. The zero-order valence-corrected chi connectivity index (χ0v) is 47.3. The predicted octanol–water partition coefficient (Wildman–Crippen LogP) is 21.0. The molecule has 0 radical (unpaired) electrons. The molecule has 0 N–H and O–H groups in total. The van der Waals surface area contributed by atoms with Gasteiger partial charge in [0.05, 0.1) is 0 Å². The average molecular weight is 976 g/mol. The Kier molecular flexibility index (Phi) is 56.0. The van der Waals surface area contributed by atoms with Crippen molar-refractivity contribution in [3.05, 3.63) is 0 Å². The van der Waals surface area contributed by atoms with Crippen molar-refractivity contribution in [3.63, 3.8) is 0 Å². The average Bonchev–Trinajstić information content (AvgIpc) is 3.34. The van der Waals surface area contributed by atoms with Gasteiger partial charge in [0.15, 0.2) is 6.10 Å². The summed E-state index contributed by atoms with van der Waals surface area (Å²) in [4.78, 5) is 38.3. The lowest BCUT2D eigenvalue weighted by Gasteiger charge is -2.18. The standard InChI is InChI=1S/C63H122O6/c1-5-7-9-11-13-15-17-19-21-22-23-24-27-31-35-39-43-47-51-55-62(65)68-58-60(57-67-61(64)54-50-46-42-38-34-30-20-18-16-14-12-10-8-6-2)69-63(66)56-52-48-44-40-36-32-28-25-26-29-33-37-41-45-49-53-59(3)4/h59-60H,5-58H2,1-4H3/t60-/m0/s1. The molecule has 0 aromatic rings. The number of rotatable bonds is 58. The highest BCUT2D eigenvalue weighted by molar-refractivity contribution is 5.71. The maximum atomic E-state index is 12.9. The van der Waals surface area contributed by atoms with Gasteiger partial charge in [-0.2, -0.15) is 0 Å². The van der Waals surface area contributed by atoms with Crippen molar-refractivity contribution in [1.82, 2.24) is 0 Å². The molecule has 0 amide bonds. The summed E-state index contributed by atoms with van der Waals surface area (Å²) in [6.07, 6.45) is 63.9. The van der Waals surface area contributed by atoms with E-state index in [-0.39, 0.29) is 31.1 Å². The van der Waals surface area contributed by atoms with Gasteiger partial charge in [-0.1, -0.05) is 323 Å². The Morgan fingerprint density at radius 3 is 0.710 bits per heavy atom. The maximum absolute atomic E-state index is 12.9. The minimum Gasteiger partial charge on any atom is -0.462 e. The van der Waals surface area contributed by atoms with E-state index in [1.807, 2.05) is 0 Å². The van der Waals surface area contributed by atoms with Gasteiger partial charge in [0.1, 0.15) is 13.2 Å². The van der Waals surface area contributed by atoms with Gasteiger partial charge in [-0.05, 0) is 25.2 Å². The van der Waals surface area contributed by atoms with Crippen molar-refractivity contribution in [2.75, 3.05) is 13.2 Å². The van der Waals surface area contributed by atoms with Crippen molar-refractivity contribution in [2.24, 2.45) is 5.92 Å². The summed E-state index contributed by atoms with van der Waals surface area (Å²) in [5.74, 6) is 0.0190. The molecular weight excluding hydrogens is 853 g/mol. The minimum absolute atomic E-state index is 0.0612. The number of unbranched alkanes of at least 4 members (excludes halogenated alkanes) is 45. The first kappa shape index (κ1) is 67.4. The Bertz CT molecular complexity index is 1040. The zero-order valence-electron chi connectivity index (χ0n) is 47.3. The summed E-state index contributed by atoms with van der Waals surface area (Å²) < 4.78 is 16.9. The van der Waals surface area contributed by atoms with Crippen LogP contribution in [0.1, 0.15) is 362 Å². The third kappa shape index (κ3) is 57.2. The molecular formula is C63H122O6. The first-order valence-corrected chi connectivity index (χ1v) is 31.4. The summed E-state index contributed by atoms with van der Waals surface area (Å²) in [7, 11) is 0. The second-order valence-corrected chi connectivity index (χ2v) is 22.2. The zero-order chi connectivity index (χ0) is 50.2. The minimum atomic E-state index is -0.762. The lowest BCUT2D eigenvalue weighted by atomic mass is 10.0. The molecule has 0 aromatic carbocycles. The monoisotopic (exact) mass is 975 g/mol. The number of hydrogen-bond donors (Lipinski definition) is 0. The van der Waals surface area contributed by atoms with Crippen LogP contribution in [-0.4, -0.2) is 37.2 Å². The van der Waals surface area contributed by atoms with E-state index in [0.29, 0.717) is 19.3 Å². The van der Waals surface area contributed by atoms with Crippen molar-refractivity contribution >= 4 is 17.9 Å². The van der Waals surface area contributed by atoms with Gasteiger partial charge < -0.3 is 14.2 Å². The van der Waals surface area contributed by atoms with Crippen LogP contribution in [0.25, 0.3) is 0 Å². The van der Waals surface area contributed by atoms with E-state index in [1.165, 1.54) is 257 Å². The highest BCUT2D eigenvalue weighted by Crippen LogP contribution is 2.19. The van der Waals surface area contributed by atoms with Crippen LogP contribution in [0, 0.1) is 5.92 Å². The largest absolute Gasteiger partial charge is 0.462 e. The number of hydrogen-bond acceptors (Lipinski definition) is 6. The van der Waals surface area contributed by atoms with Gasteiger partial charge in [0, 0.05) is 19.3 Å². The fraction of sp³-hybridized carbons (Fsp3) is 0.952. The van der Waals surface area contributed by atoms with Crippen LogP contribution in [0.2, 0.25) is 0 Å². The maximum Gasteiger partial charge on any atom is 0.306 e. The second kappa shape index (κ2) is 57.3. The molecule has 0 fully saturated rings. The van der Waals surface area contributed by atoms with Gasteiger partial charge in [0.25, 0.3) is 0 Å². The third-order valence-electron chi connectivity index (χ3n) is 14.5. The molecule has 0 heterocycles. The van der Waals surface area contributed by atoms with Crippen molar-refractivity contribution in [3.8, 4) is 0 Å². The summed E-state index contributed by atoms with van der Waals surface area (Å²) in [6.45, 7) is 9.09. The Labute approximate surface area is 431 Å². The van der Waals surface area contributed by atoms with E-state index in [1.54, 1.807) is 0 Å². The van der Waals surface area contributed by atoms with Crippen LogP contribution in [0.15, 0.2) is 0 Å². The van der Waals surface area contributed by atoms with Gasteiger partial charge in [0.2, 0.25) is 0 Å². The SMILES string of the molecule is CCCCCCCCCCCCCCCCCCCCCC(=O)OC[C@H](COC(=O)CCCCCCCCCCCCCCCC)OC(=O)CCCCCCCCCCCCCCCCCC(C)C. The molecule has 6 nitrogen and oxygen atoms in total. The summed E-state index contributed by atoms with van der Waals surface area (Å²) in [5.41, 5.74) is 0. The Morgan fingerprint density at radius 2 is 0.478 bits per heavy atom. The number of esters is 3. The molecule has 0 rings (SSSR count). The van der Waals surface area contributed by atoms with E-state index in [0.717, 1.165) is 63.7 Å². The van der Waals surface area contributed by atoms with E-state index in [9.17, 15) is 14.4 Å². The molecule has 0 aliphatic heterocycles. The summed E-state index contributed by atoms with van der Waals surface area (Å²) >= 11 is 0. The van der Waals surface area contributed by atoms with Gasteiger partial charge in [-0.25, -0.2) is 0 Å². The highest BCUT2D eigenvalue weighted by atomic mass is 16.6. The molecule has 0 bridgehead atoms. The molecule has 0 aromatic heterocycles. The first-order valence-electron chi connectivity index (χ1n) is 31.4. The molecule has 0 saturated carbocycles. The van der Waals surface area contributed by atoms with Gasteiger partial charge in [-0.3, -0.25) is 14.4 Å². The van der Waals surface area contributed by atoms with Crippen molar-refractivity contribution in [2.45, 2.75) is 368 Å². The summed E-state index contributed by atoms with van der Waals surface area (Å²) in [6, 6.07) is 0. The number of carbonyl (C=O) groups is 3. The van der Waals surface area contributed by atoms with Crippen molar-refractivity contribution < 1.29 is 28.6 Å². The van der Waals surface area contributed by atoms with E-state index >= 15 is 0 Å². The predicted molar refractivity (Wildman–Crippen MR) is 298 cm³/mol. The topological polar surface area (TPSA) is 78.9 Å². The molecule has 0 aliphatic rings. The quantitative estimate of drug-likeness (QED) is 0.0343. The lowest BCUT2D eigenvalue weighted by Crippen LogP contribution is -2.30. The molecule has 69 heavy (non-hydrogen) atoms. The number of ether oxygens (including phenoxy) is 3. The van der Waals surface area contributed by atoms with Crippen LogP contribution >= 0.6 is 0 Å². The molecule has 6 heteroatoms. The first-order chi connectivity index (χ1) is 33.9. The molecule has 1 atom stereocenters. The van der Waals surface area contributed by atoms with E-state index in [2.05, 4.69) is 27.7 Å². The fourth-order valence-corrected chi connectivity index (χ4v) is 9.81. The number of carbonyl (C=O) groups excluding carboxylic acids is 3. The Hall–Kier alpha value is -1.59. The molecule has 0 unspecified atom stereocenters. The molecule has 0 aliphatic carbocycles. The van der Waals surface area contributed by atoms with Gasteiger partial charge >= 0.3 is 17.9 Å². The molecule has 410 valence electrons. The third-order valence-corrected chi connectivity index (χ3v) is 14.5. The molecule has 0 spiro atoms. The Balaban J connectivity index is 4.27. The lowest BCUT2D eigenvalue weighted by molar-refractivity contribution is -0.167. The van der Waals surface area contributed by atoms with Gasteiger partial charge in [-0.15, -0.1) is 0 Å². The van der Waals surface area contributed by atoms with Crippen molar-refractivity contribution in [1.29, 1.82) is 0 Å². The van der Waals surface area contributed by atoms with Crippen LogP contribution in [-0.2, 0) is 28.6 Å². The Morgan fingerprint density at radius 1 is 0.275 bits per heavy atom. The summed E-state index contributed by atoms with van der Waals surface area (Å²) in [5, 5.41) is 0. The van der Waals surface area contributed by atoms with Crippen LogP contribution in [0.5, 0.6) is 0 Å². The van der Waals surface area contributed by atoms with E-state index in [4.69, 9.17) is 14.2 Å². The fourth-order valence-electron chi connectivity index (χ4n) is 9.81. The van der Waals surface area contributed by atoms with Crippen LogP contribution < -0.4 is 0 Å². The molecule has 0 saturated heterocycles. The smallest absolute Gasteiger partial charge is 0.306 e. The van der Waals surface area contributed by atoms with E-state index < -0.39 is 6.10 Å². The van der Waals surface area contributed by atoms with Crippen LogP contribution in [0.3, 0.4) is 0 Å². The highest BCUT2D eigenvalue weighted by Gasteiger charge is 2.19. The van der Waals surface area contributed by atoms with Crippen LogP contribution in [0.4, 0.5) is 0 Å².